The molecule has 0 saturated heterocycles. The summed E-state index contributed by atoms with van der Waals surface area (Å²) in [6.45, 7) is 2.30. The standard InChI is InChI=1S/C19H18ClN3O2/c1-2-14-3-7-16(8-4-14)21-19(24)18-11-12-23(22-18)13-25-17-9-5-15(20)6-10-17/h3-12H,2,13H2,1H3,(H,21,24). The first-order chi connectivity index (χ1) is 12.1. The fourth-order valence-corrected chi connectivity index (χ4v) is 2.37. The average molecular weight is 356 g/mol. The zero-order chi connectivity index (χ0) is 17.6. The van der Waals surface area contributed by atoms with Gasteiger partial charge >= 0.3 is 0 Å². The predicted octanol–water partition coefficient (Wildman–Crippen LogP) is 4.39. The third-order valence-electron chi connectivity index (χ3n) is 3.67. The van der Waals surface area contributed by atoms with E-state index in [0.29, 0.717) is 16.5 Å². The summed E-state index contributed by atoms with van der Waals surface area (Å²) in [7, 11) is 0. The first-order valence-electron chi connectivity index (χ1n) is 7.96. The third-order valence-corrected chi connectivity index (χ3v) is 3.92. The number of benzene rings is 2. The Labute approximate surface area is 151 Å². The summed E-state index contributed by atoms with van der Waals surface area (Å²) in [4.78, 5) is 12.3. The molecule has 25 heavy (non-hydrogen) atoms. The lowest BCUT2D eigenvalue weighted by atomic mass is 10.1. The van der Waals surface area contributed by atoms with Crippen molar-refractivity contribution in [2.45, 2.75) is 20.1 Å². The SMILES string of the molecule is CCc1ccc(NC(=O)c2ccn(COc3ccc(Cl)cc3)n2)cc1. The van der Waals surface area contributed by atoms with Crippen molar-refractivity contribution >= 4 is 23.2 Å². The third kappa shape index (κ3) is 4.61. The molecule has 1 aromatic heterocycles. The van der Waals surface area contributed by atoms with E-state index in [4.69, 9.17) is 16.3 Å². The Balaban J connectivity index is 1.58. The van der Waals surface area contributed by atoms with Crippen molar-refractivity contribution in [1.82, 2.24) is 9.78 Å². The van der Waals surface area contributed by atoms with Gasteiger partial charge in [-0.2, -0.15) is 5.10 Å². The maximum Gasteiger partial charge on any atom is 0.276 e. The van der Waals surface area contributed by atoms with Crippen molar-refractivity contribution < 1.29 is 9.53 Å². The van der Waals surface area contributed by atoms with E-state index in [1.54, 1.807) is 41.2 Å². The van der Waals surface area contributed by atoms with Crippen molar-refractivity contribution in [3.05, 3.63) is 77.1 Å². The minimum atomic E-state index is -0.255. The minimum absolute atomic E-state index is 0.208. The molecule has 0 atom stereocenters. The van der Waals surface area contributed by atoms with Gasteiger partial charge in [-0.05, 0) is 54.4 Å². The molecule has 6 heteroatoms. The quantitative estimate of drug-likeness (QED) is 0.713. The van der Waals surface area contributed by atoms with Gasteiger partial charge in [-0.25, -0.2) is 4.68 Å². The summed E-state index contributed by atoms with van der Waals surface area (Å²) in [5.74, 6) is 0.427. The van der Waals surface area contributed by atoms with Gasteiger partial charge in [0, 0.05) is 16.9 Å². The van der Waals surface area contributed by atoms with Crippen LogP contribution in [-0.4, -0.2) is 15.7 Å². The van der Waals surface area contributed by atoms with E-state index in [0.717, 1.165) is 12.1 Å². The van der Waals surface area contributed by atoms with Crippen LogP contribution in [0.2, 0.25) is 5.02 Å². The van der Waals surface area contributed by atoms with Crippen molar-refractivity contribution in [3.63, 3.8) is 0 Å². The van der Waals surface area contributed by atoms with Crippen molar-refractivity contribution in [1.29, 1.82) is 0 Å². The molecular formula is C19H18ClN3O2. The summed E-state index contributed by atoms with van der Waals surface area (Å²) in [5.41, 5.74) is 2.30. The summed E-state index contributed by atoms with van der Waals surface area (Å²) in [6, 6.07) is 16.5. The van der Waals surface area contributed by atoms with Crippen LogP contribution >= 0.6 is 11.6 Å². The Morgan fingerprint density at radius 2 is 1.84 bits per heavy atom. The Morgan fingerprint density at radius 1 is 1.12 bits per heavy atom. The molecule has 5 nitrogen and oxygen atoms in total. The molecule has 0 unspecified atom stereocenters. The van der Waals surface area contributed by atoms with Gasteiger partial charge in [-0.1, -0.05) is 30.7 Å². The van der Waals surface area contributed by atoms with Gasteiger partial charge < -0.3 is 10.1 Å². The number of hydrogen-bond donors (Lipinski definition) is 1. The molecule has 0 aliphatic heterocycles. The molecule has 0 aliphatic carbocycles. The number of carbonyl (C=O) groups is 1. The van der Waals surface area contributed by atoms with Gasteiger partial charge in [0.1, 0.15) is 5.75 Å². The van der Waals surface area contributed by atoms with Crippen molar-refractivity contribution in [2.75, 3.05) is 5.32 Å². The number of nitrogens with one attached hydrogen (secondary N) is 1. The lowest BCUT2D eigenvalue weighted by Gasteiger charge is -2.06. The van der Waals surface area contributed by atoms with Crippen LogP contribution < -0.4 is 10.1 Å². The Hall–Kier alpha value is -2.79. The number of anilines is 1. The number of rotatable bonds is 6. The number of nitrogens with zero attached hydrogens (tertiary/aromatic N) is 2. The molecule has 1 N–H and O–H groups in total. The zero-order valence-electron chi connectivity index (χ0n) is 13.8. The average Bonchev–Trinajstić information content (AvgIpc) is 3.11. The van der Waals surface area contributed by atoms with Crippen LogP contribution in [0, 0.1) is 0 Å². The van der Waals surface area contributed by atoms with Gasteiger partial charge in [-0.15, -0.1) is 0 Å². The second-order valence-corrected chi connectivity index (χ2v) is 5.91. The molecule has 1 amide bonds. The van der Waals surface area contributed by atoms with Crippen LogP contribution in [0.4, 0.5) is 5.69 Å². The number of halogens is 1. The van der Waals surface area contributed by atoms with E-state index in [2.05, 4.69) is 17.3 Å². The minimum Gasteiger partial charge on any atom is -0.471 e. The second kappa shape index (κ2) is 7.85. The van der Waals surface area contributed by atoms with Gasteiger partial charge in [0.15, 0.2) is 12.4 Å². The van der Waals surface area contributed by atoms with Crippen LogP contribution in [-0.2, 0) is 13.2 Å². The predicted molar refractivity (Wildman–Crippen MR) is 98.1 cm³/mol. The van der Waals surface area contributed by atoms with Crippen LogP contribution in [0.1, 0.15) is 23.0 Å². The highest BCUT2D eigenvalue weighted by molar-refractivity contribution is 6.30. The second-order valence-electron chi connectivity index (χ2n) is 5.47. The molecule has 3 rings (SSSR count). The van der Waals surface area contributed by atoms with Gasteiger partial charge in [0.05, 0.1) is 0 Å². The van der Waals surface area contributed by atoms with Crippen molar-refractivity contribution in [3.8, 4) is 5.75 Å². The summed E-state index contributed by atoms with van der Waals surface area (Å²) >= 11 is 5.83. The van der Waals surface area contributed by atoms with E-state index in [1.165, 1.54) is 5.56 Å². The maximum atomic E-state index is 12.3. The van der Waals surface area contributed by atoms with E-state index in [1.807, 2.05) is 24.3 Å². The fourth-order valence-electron chi connectivity index (χ4n) is 2.25. The lowest BCUT2D eigenvalue weighted by molar-refractivity contribution is 0.102. The first-order valence-corrected chi connectivity index (χ1v) is 8.34. The van der Waals surface area contributed by atoms with E-state index in [-0.39, 0.29) is 12.6 Å². The summed E-state index contributed by atoms with van der Waals surface area (Å²) in [5, 5.41) is 7.71. The van der Waals surface area contributed by atoms with Gasteiger partial charge in [-0.3, -0.25) is 4.79 Å². The molecule has 0 spiro atoms. The number of carbonyl (C=O) groups excluding carboxylic acids is 1. The monoisotopic (exact) mass is 355 g/mol. The number of amides is 1. The molecule has 0 fully saturated rings. The number of aryl methyl sites for hydroxylation is 1. The molecule has 0 bridgehead atoms. The normalized spacial score (nSPS) is 10.5. The molecule has 128 valence electrons. The Kier molecular flexibility index (Phi) is 5.36. The Bertz CT molecular complexity index is 842. The van der Waals surface area contributed by atoms with Crippen LogP contribution in [0.3, 0.4) is 0 Å². The molecule has 0 aliphatic rings. The molecule has 1 heterocycles. The van der Waals surface area contributed by atoms with E-state index < -0.39 is 0 Å². The van der Waals surface area contributed by atoms with E-state index in [9.17, 15) is 4.79 Å². The summed E-state index contributed by atoms with van der Waals surface area (Å²) in [6.07, 6.45) is 2.66. The Morgan fingerprint density at radius 3 is 2.52 bits per heavy atom. The maximum absolute atomic E-state index is 12.3. The molecule has 2 aromatic carbocycles. The highest BCUT2D eigenvalue weighted by Crippen LogP contribution is 2.16. The van der Waals surface area contributed by atoms with Gasteiger partial charge in [0.2, 0.25) is 0 Å². The first kappa shape index (κ1) is 17.0. The number of hydrogen-bond acceptors (Lipinski definition) is 3. The van der Waals surface area contributed by atoms with E-state index >= 15 is 0 Å². The highest BCUT2D eigenvalue weighted by Gasteiger charge is 2.10. The highest BCUT2D eigenvalue weighted by atomic mass is 35.5. The topological polar surface area (TPSA) is 56.2 Å². The largest absolute Gasteiger partial charge is 0.471 e. The van der Waals surface area contributed by atoms with Crippen LogP contribution in [0.15, 0.2) is 60.8 Å². The molecule has 3 aromatic rings. The number of aromatic nitrogens is 2. The lowest BCUT2D eigenvalue weighted by Crippen LogP contribution is -2.14. The van der Waals surface area contributed by atoms with Crippen molar-refractivity contribution in [2.24, 2.45) is 0 Å². The molecular weight excluding hydrogens is 338 g/mol. The fraction of sp³-hybridized carbons (Fsp3) is 0.158. The number of ether oxygens (including phenoxy) is 1. The van der Waals surface area contributed by atoms with Crippen LogP contribution in [0.25, 0.3) is 0 Å². The molecule has 0 radical (unpaired) electrons. The van der Waals surface area contributed by atoms with Gasteiger partial charge in [0.25, 0.3) is 5.91 Å². The smallest absolute Gasteiger partial charge is 0.276 e. The van der Waals surface area contributed by atoms with Crippen LogP contribution in [0.5, 0.6) is 5.75 Å². The zero-order valence-corrected chi connectivity index (χ0v) is 14.5. The summed E-state index contributed by atoms with van der Waals surface area (Å²) < 4.78 is 7.15. The molecule has 0 saturated carbocycles.